The van der Waals surface area contributed by atoms with Crippen LogP contribution in [-0.2, 0) is 6.42 Å². The van der Waals surface area contributed by atoms with E-state index in [-0.39, 0.29) is 16.0 Å². The lowest BCUT2D eigenvalue weighted by atomic mass is 9.89. The molecule has 1 N–H and O–H groups in total. The van der Waals surface area contributed by atoms with Crippen LogP contribution >= 0.6 is 11.6 Å². The molecule has 152 valence electrons. The van der Waals surface area contributed by atoms with E-state index in [1.165, 1.54) is 11.6 Å². The minimum Gasteiger partial charge on any atom is -0.478 e. The van der Waals surface area contributed by atoms with Crippen molar-refractivity contribution in [2.45, 2.75) is 13.3 Å². The summed E-state index contributed by atoms with van der Waals surface area (Å²) in [4.78, 5) is 24.2. The van der Waals surface area contributed by atoms with Crippen molar-refractivity contribution in [1.29, 1.82) is 0 Å². The van der Waals surface area contributed by atoms with Gasteiger partial charge >= 0.3 is 5.97 Å². The Morgan fingerprint density at radius 2 is 1.74 bits per heavy atom. The zero-order valence-electron chi connectivity index (χ0n) is 16.6. The highest BCUT2D eigenvalue weighted by Crippen LogP contribution is 2.43. The van der Waals surface area contributed by atoms with Crippen LogP contribution in [0.3, 0.4) is 0 Å². The summed E-state index contributed by atoms with van der Waals surface area (Å²) in [6, 6.07) is 19.8. The lowest BCUT2D eigenvalue weighted by Gasteiger charge is -2.18. The highest BCUT2D eigenvalue weighted by Gasteiger charge is 2.23. The number of halogens is 1. The third-order valence-corrected chi connectivity index (χ3v) is 5.95. The van der Waals surface area contributed by atoms with Gasteiger partial charge in [0.1, 0.15) is 11.3 Å². The molecule has 1 aliphatic carbocycles. The van der Waals surface area contributed by atoms with Crippen LogP contribution in [-0.4, -0.2) is 11.1 Å². The smallest absolute Gasteiger partial charge is 0.336 e. The van der Waals surface area contributed by atoms with Gasteiger partial charge < -0.3 is 9.52 Å². The Hall–Kier alpha value is -3.63. The summed E-state index contributed by atoms with van der Waals surface area (Å²) in [6.45, 7) is 2.10. The molecule has 1 aliphatic heterocycles. The van der Waals surface area contributed by atoms with Crippen LogP contribution < -0.4 is 5.43 Å². The zero-order valence-corrected chi connectivity index (χ0v) is 17.4. The number of benzene rings is 4. The van der Waals surface area contributed by atoms with Crippen molar-refractivity contribution in [3.63, 3.8) is 0 Å². The Kier molecular flexibility index (Phi) is 4.53. The molecule has 31 heavy (non-hydrogen) atoms. The summed E-state index contributed by atoms with van der Waals surface area (Å²) < 4.78 is 6.23. The van der Waals surface area contributed by atoms with E-state index in [2.05, 4.69) is 13.0 Å². The molecule has 0 radical (unpaired) electrons. The molecule has 0 amide bonds. The van der Waals surface area contributed by atoms with E-state index in [9.17, 15) is 14.7 Å². The van der Waals surface area contributed by atoms with Crippen LogP contribution in [0.1, 0.15) is 22.8 Å². The molecule has 0 saturated heterocycles. The summed E-state index contributed by atoms with van der Waals surface area (Å²) in [7, 11) is 0. The molecule has 0 spiro atoms. The monoisotopic (exact) mass is 428 g/mol. The summed E-state index contributed by atoms with van der Waals surface area (Å²) in [5, 5.41) is 12.5. The third kappa shape index (κ3) is 3.07. The number of carboxylic acids is 1. The summed E-state index contributed by atoms with van der Waals surface area (Å²) in [5.41, 5.74) is 3.44. The Morgan fingerprint density at radius 1 is 0.968 bits per heavy atom. The van der Waals surface area contributed by atoms with Gasteiger partial charge in [0.05, 0.1) is 10.6 Å². The van der Waals surface area contributed by atoms with Crippen LogP contribution in [0.4, 0.5) is 0 Å². The van der Waals surface area contributed by atoms with Crippen LogP contribution in [0.2, 0.25) is 5.02 Å². The van der Waals surface area contributed by atoms with Crippen LogP contribution in [0.15, 0.2) is 75.9 Å². The molecule has 0 bridgehead atoms. The first kappa shape index (κ1) is 19.3. The van der Waals surface area contributed by atoms with E-state index in [4.69, 9.17) is 16.0 Å². The van der Waals surface area contributed by atoms with Gasteiger partial charge in [0.2, 0.25) is 5.43 Å². The summed E-state index contributed by atoms with van der Waals surface area (Å²) in [5.74, 6) is -0.665. The maximum atomic E-state index is 12.3. The fraction of sp³-hybridized carbons (Fsp3) is 0.0769. The van der Waals surface area contributed by atoms with Crippen molar-refractivity contribution >= 4 is 39.3 Å². The SMILES string of the molecule is CCc1ccc2c(ccc3c(-c4ccccc4C(=O)O)c4cc(Cl)c(=O)cc-4oc32)c1. The Bertz CT molecular complexity index is 1530. The Labute approximate surface area is 182 Å². The first-order valence-corrected chi connectivity index (χ1v) is 10.3. The van der Waals surface area contributed by atoms with E-state index in [0.29, 0.717) is 28.0 Å². The maximum Gasteiger partial charge on any atom is 0.336 e. The van der Waals surface area contributed by atoms with Crippen molar-refractivity contribution < 1.29 is 14.3 Å². The zero-order chi connectivity index (χ0) is 21.7. The van der Waals surface area contributed by atoms with Crippen molar-refractivity contribution in [2.75, 3.05) is 0 Å². The second-order valence-corrected chi connectivity index (χ2v) is 7.87. The van der Waals surface area contributed by atoms with Crippen LogP contribution in [0.5, 0.6) is 0 Å². The molecule has 4 nitrogen and oxygen atoms in total. The van der Waals surface area contributed by atoms with Gasteiger partial charge in [-0.25, -0.2) is 4.79 Å². The Balaban J connectivity index is 2.01. The van der Waals surface area contributed by atoms with Gasteiger partial charge in [-0.15, -0.1) is 0 Å². The average Bonchev–Trinajstić information content (AvgIpc) is 2.78. The number of aryl methyl sites for hydroxylation is 1. The molecule has 2 aliphatic rings. The Morgan fingerprint density at radius 3 is 2.52 bits per heavy atom. The standard InChI is InChI=1S/C26H17ClO4/c1-2-14-7-9-16-15(11-14)8-10-19-24(17-5-3-4-6-18(17)26(29)30)20-12-21(27)22(28)13-23(20)31-25(16)19/h3-13H,2H2,1H3,(H,29,30). The van der Waals surface area contributed by atoms with Gasteiger partial charge in [0.25, 0.3) is 0 Å². The number of carboxylic acid groups (broad SMARTS) is 1. The van der Waals surface area contributed by atoms with E-state index in [0.717, 1.165) is 22.6 Å². The normalized spacial score (nSPS) is 11.4. The second kappa shape index (κ2) is 7.25. The van der Waals surface area contributed by atoms with Crippen LogP contribution in [0.25, 0.3) is 44.2 Å². The first-order chi connectivity index (χ1) is 15.0. The predicted molar refractivity (Wildman–Crippen MR) is 123 cm³/mol. The fourth-order valence-electron chi connectivity index (χ4n) is 4.12. The van der Waals surface area contributed by atoms with Crippen molar-refractivity contribution in [3.05, 3.63) is 93.1 Å². The predicted octanol–water partition coefficient (Wildman–Crippen LogP) is 6.63. The number of rotatable bonds is 3. The number of hydrogen-bond donors (Lipinski definition) is 1. The lowest BCUT2D eigenvalue weighted by Crippen LogP contribution is -2.04. The minimum atomic E-state index is -1.03. The van der Waals surface area contributed by atoms with Gasteiger partial charge in [0, 0.05) is 28.0 Å². The molecule has 3 aromatic carbocycles. The average molecular weight is 429 g/mol. The molecular formula is C26H17ClO4. The molecular weight excluding hydrogens is 412 g/mol. The van der Waals surface area contributed by atoms with Crippen molar-refractivity contribution in [1.82, 2.24) is 0 Å². The van der Waals surface area contributed by atoms with Gasteiger partial charge in [-0.1, -0.05) is 61.0 Å². The van der Waals surface area contributed by atoms with Gasteiger partial charge in [-0.05, 0) is 41.1 Å². The molecule has 0 saturated carbocycles. The summed E-state index contributed by atoms with van der Waals surface area (Å²) in [6.07, 6.45) is 0.915. The van der Waals surface area contributed by atoms with Crippen LogP contribution in [0, 0.1) is 0 Å². The molecule has 0 fully saturated rings. The molecule has 0 aromatic heterocycles. The largest absolute Gasteiger partial charge is 0.478 e. The minimum absolute atomic E-state index is 0.0597. The molecule has 0 unspecified atom stereocenters. The number of fused-ring (bicyclic) bond motifs is 4. The van der Waals surface area contributed by atoms with Gasteiger partial charge in [-0.3, -0.25) is 4.79 Å². The lowest BCUT2D eigenvalue weighted by molar-refractivity contribution is 0.0697. The molecule has 3 aromatic rings. The van der Waals surface area contributed by atoms with E-state index < -0.39 is 5.97 Å². The highest BCUT2D eigenvalue weighted by atomic mass is 35.5. The van der Waals surface area contributed by atoms with Gasteiger partial charge in [-0.2, -0.15) is 0 Å². The van der Waals surface area contributed by atoms with Crippen molar-refractivity contribution in [2.24, 2.45) is 0 Å². The molecule has 5 heteroatoms. The van der Waals surface area contributed by atoms with Crippen molar-refractivity contribution in [3.8, 4) is 22.5 Å². The number of carbonyl (C=O) groups is 1. The highest BCUT2D eigenvalue weighted by molar-refractivity contribution is 6.31. The van der Waals surface area contributed by atoms with Gasteiger partial charge in [0.15, 0.2) is 0 Å². The molecule has 5 rings (SSSR count). The number of aromatic carboxylic acids is 1. The maximum absolute atomic E-state index is 12.3. The fourth-order valence-corrected chi connectivity index (χ4v) is 4.29. The van der Waals surface area contributed by atoms with E-state index >= 15 is 0 Å². The molecule has 1 heterocycles. The third-order valence-electron chi connectivity index (χ3n) is 5.65. The molecule has 0 atom stereocenters. The topological polar surface area (TPSA) is 67.5 Å². The first-order valence-electron chi connectivity index (χ1n) is 9.92. The van der Waals surface area contributed by atoms with E-state index in [1.54, 1.807) is 30.3 Å². The summed E-state index contributed by atoms with van der Waals surface area (Å²) >= 11 is 6.16. The second-order valence-electron chi connectivity index (χ2n) is 7.46. The van der Waals surface area contributed by atoms with E-state index in [1.807, 2.05) is 24.3 Å². The quantitative estimate of drug-likeness (QED) is 0.258. The number of hydrogen-bond acceptors (Lipinski definition) is 3.